The summed E-state index contributed by atoms with van der Waals surface area (Å²) in [5.41, 5.74) is 0.249. The molecule has 0 aliphatic carbocycles. The van der Waals surface area contributed by atoms with Gasteiger partial charge in [0.25, 0.3) is 10.2 Å². The predicted octanol–water partition coefficient (Wildman–Crippen LogP) is -0.960. The Hall–Kier alpha value is -2.04. The van der Waals surface area contributed by atoms with E-state index in [0.717, 1.165) is 4.31 Å². The van der Waals surface area contributed by atoms with E-state index in [0.29, 0.717) is 11.5 Å². The smallest absolute Gasteiger partial charge is 0.277 e. The summed E-state index contributed by atoms with van der Waals surface area (Å²) in [6, 6.07) is 5.33. The van der Waals surface area contributed by atoms with Crippen LogP contribution in [0, 0.1) is 0 Å². The van der Waals surface area contributed by atoms with Gasteiger partial charge in [-0.2, -0.15) is 12.7 Å². The molecule has 0 amide bonds. The van der Waals surface area contributed by atoms with Crippen LogP contribution in [0.15, 0.2) is 29.2 Å². The van der Waals surface area contributed by atoms with Crippen LogP contribution in [-0.4, -0.2) is 52.7 Å². The molecule has 0 aliphatic rings. The predicted molar refractivity (Wildman–Crippen MR) is 81.3 cm³/mol. The number of nitrogens with zero attached hydrogens (tertiary/aromatic N) is 5. The average Bonchev–Trinajstić information content (AvgIpc) is 2.76. The van der Waals surface area contributed by atoms with E-state index in [4.69, 9.17) is 0 Å². The standard InChI is InChI=1S/C12H18N6O3S/c1-16(2)22(20,21)14-8-9-18-12(19)17(3)11(15-18)10-6-4-5-7-13-10/h4-7,14H,8-9H2,1-3H3. The maximum absolute atomic E-state index is 12.1. The van der Waals surface area contributed by atoms with E-state index in [-0.39, 0.29) is 18.8 Å². The van der Waals surface area contributed by atoms with Gasteiger partial charge in [-0.15, -0.1) is 5.10 Å². The first-order chi connectivity index (χ1) is 10.3. The highest BCUT2D eigenvalue weighted by atomic mass is 32.2. The van der Waals surface area contributed by atoms with Crippen LogP contribution in [-0.2, 0) is 23.8 Å². The molecule has 0 saturated carbocycles. The quantitative estimate of drug-likeness (QED) is 0.736. The van der Waals surface area contributed by atoms with Gasteiger partial charge in [-0.25, -0.2) is 14.2 Å². The third-order valence-electron chi connectivity index (χ3n) is 3.02. The lowest BCUT2D eigenvalue weighted by atomic mass is 10.3. The van der Waals surface area contributed by atoms with Gasteiger partial charge in [0, 0.05) is 33.9 Å². The summed E-state index contributed by atoms with van der Waals surface area (Å²) in [7, 11) is 0.932. The Bertz CT molecular complexity index is 794. The Morgan fingerprint density at radius 3 is 2.64 bits per heavy atom. The SMILES string of the molecule is CN(C)S(=O)(=O)NCCn1nc(-c2ccccn2)n(C)c1=O. The Labute approximate surface area is 128 Å². The molecule has 0 bridgehead atoms. The highest BCUT2D eigenvalue weighted by Gasteiger charge is 2.15. The Morgan fingerprint density at radius 1 is 1.32 bits per heavy atom. The summed E-state index contributed by atoms with van der Waals surface area (Å²) >= 11 is 0. The molecule has 2 rings (SSSR count). The molecule has 0 fully saturated rings. The normalized spacial score (nSPS) is 12.0. The number of hydrogen-bond acceptors (Lipinski definition) is 5. The van der Waals surface area contributed by atoms with Gasteiger partial charge in [-0.05, 0) is 12.1 Å². The van der Waals surface area contributed by atoms with Crippen LogP contribution in [0.2, 0.25) is 0 Å². The van der Waals surface area contributed by atoms with Crippen LogP contribution in [0.5, 0.6) is 0 Å². The Kier molecular flexibility index (Phi) is 4.74. The number of aromatic nitrogens is 4. The Morgan fingerprint density at radius 2 is 2.05 bits per heavy atom. The van der Waals surface area contributed by atoms with Gasteiger partial charge in [-0.1, -0.05) is 6.07 Å². The summed E-state index contributed by atoms with van der Waals surface area (Å²) in [5.74, 6) is 0.432. The molecule has 120 valence electrons. The molecule has 22 heavy (non-hydrogen) atoms. The van der Waals surface area contributed by atoms with Crippen molar-refractivity contribution in [3.8, 4) is 11.5 Å². The van der Waals surface area contributed by atoms with Crippen LogP contribution in [0.4, 0.5) is 0 Å². The lowest BCUT2D eigenvalue weighted by Crippen LogP contribution is -2.38. The molecule has 10 heteroatoms. The third-order valence-corrected chi connectivity index (χ3v) is 4.55. The molecule has 0 spiro atoms. The zero-order valence-electron chi connectivity index (χ0n) is 12.6. The second-order valence-electron chi connectivity index (χ2n) is 4.79. The average molecular weight is 326 g/mol. The lowest BCUT2D eigenvalue weighted by Gasteiger charge is -2.11. The van der Waals surface area contributed by atoms with Crippen molar-refractivity contribution < 1.29 is 8.42 Å². The summed E-state index contributed by atoms with van der Waals surface area (Å²) in [6.45, 7) is 0.200. The summed E-state index contributed by atoms with van der Waals surface area (Å²) in [4.78, 5) is 16.3. The van der Waals surface area contributed by atoms with Crippen molar-refractivity contribution in [1.82, 2.24) is 28.4 Å². The molecule has 0 saturated heterocycles. The van der Waals surface area contributed by atoms with Gasteiger partial charge < -0.3 is 0 Å². The van der Waals surface area contributed by atoms with Crippen molar-refractivity contribution in [2.75, 3.05) is 20.6 Å². The fourth-order valence-corrected chi connectivity index (χ4v) is 2.37. The van der Waals surface area contributed by atoms with Crippen molar-refractivity contribution in [3.63, 3.8) is 0 Å². The second kappa shape index (κ2) is 6.38. The first-order valence-corrected chi connectivity index (χ1v) is 7.99. The first-order valence-electron chi connectivity index (χ1n) is 6.55. The first kappa shape index (κ1) is 16.3. The summed E-state index contributed by atoms with van der Waals surface area (Å²) in [6.07, 6.45) is 1.62. The molecule has 0 radical (unpaired) electrons. The second-order valence-corrected chi connectivity index (χ2v) is 6.75. The van der Waals surface area contributed by atoms with Gasteiger partial charge in [0.1, 0.15) is 5.69 Å². The molecule has 1 N–H and O–H groups in total. The van der Waals surface area contributed by atoms with Crippen molar-refractivity contribution in [2.24, 2.45) is 7.05 Å². The van der Waals surface area contributed by atoms with Crippen LogP contribution in [0.25, 0.3) is 11.5 Å². The molecule has 9 nitrogen and oxygen atoms in total. The minimum Gasteiger partial charge on any atom is -0.277 e. The minimum atomic E-state index is -3.52. The van der Waals surface area contributed by atoms with Gasteiger partial charge in [-0.3, -0.25) is 9.55 Å². The van der Waals surface area contributed by atoms with E-state index in [1.807, 2.05) is 0 Å². The highest BCUT2D eigenvalue weighted by molar-refractivity contribution is 7.87. The number of nitrogens with one attached hydrogen (secondary N) is 1. The van der Waals surface area contributed by atoms with Gasteiger partial charge in [0.05, 0.1) is 6.54 Å². The van der Waals surface area contributed by atoms with Crippen molar-refractivity contribution in [1.29, 1.82) is 0 Å². The van der Waals surface area contributed by atoms with E-state index in [1.165, 1.54) is 23.3 Å². The summed E-state index contributed by atoms with van der Waals surface area (Å²) < 4.78 is 29.2. The third kappa shape index (κ3) is 3.40. The zero-order chi connectivity index (χ0) is 16.3. The minimum absolute atomic E-state index is 0.0685. The highest BCUT2D eigenvalue weighted by Crippen LogP contribution is 2.10. The molecular formula is C12H18N6O3S. The van der Waals surface area contributed by atoms with Crippen molar-refractivity contribution >= 4 is 10.2 Å². The van der Waals surface area contributed by atoms with Gasteiger partial charge >= 0.3 is 5.69 Å². The van der Waals surface area contributed by atoms with E-state index in [2.05, 4.69) is 14.8 Å². The molecular weight excluding hydrogens is 308 g/mol. The topological polar surface area (TPSA) is 102 Å². The van der Waals surface area contributed by atoms with Crippen LogP contribution >= 0.6 is 0 Å². The molecule has 0 aliphatic heterocycles. The zero-order valence-corrected chi connectivity index (χ0v) is 13.4. The summed E-state index contributed by atoms with van der Waals surface area (Å²) in [5, 5.41) is 4.20. The maximum Gasteiger partial charge on any atom is 0.346 e. The Balaban J connectivity index is 2.16. The van der Waals surface area contributed by atoms with Crippen LogP contribution in [0.1, 0.15) is 0 Å². The van der Waals surface area contributed by atoms with Crippen molar-refractivity contribution in [3.05, 3.63) is 34.9 Å². The maximum atomic E-state index is 12.1. The van der Waals surface area contributed by atoms with E-state index in [1.54, 1.807) is 31.4 Å². The van der Waals surface area contributed by atoms with Gasteiger partial charge in [0.15, 0.2) is 5.82 Å². The van der Waals surface area contributed by atoms with E-state index < -0.39 is 10.2 Å². The fraction of sp³-hybridized carbons (Fsp3) is 0.417. The molecule has 0 atom stereocenters. The number of hydrogen-bond donors (Lipinski definition) is 1. The van der Waals surface area contributed by atoms with Crippen LogP contribution < -0.4 is 10.4 Å². The van der Waals surface area contributed by atoms with E-state index in [9.17, 15) is 13.2 Å². The fourth-order valence-electron chi connectivity index (χ4n) is 1.76. The van der Waals surface area contributed by atoms with Crippen molar-refractivity contribution in [2.45, 2.75) is 6.54 Å². The molecule has 2 aromatic heterocycles. The monoisotopic (exact) mass is 326 g/mol. The molecule has 2 heterocycles. The largest absolute Gasteiger partial charge is 0.346 e. The number of pyridine rings is 1. The molecule has 2 aromatic rings. The van der Waals surface area contributed by atoms with Gasteiger partial charge in [0.2, 0.25) is 0 Å². The number of rotatable bonds is 6. The van der Waals surface area contributed by atoms with Crippen LogP contribution in [0.3, 0.4) is 0 Å². The lowest BCUT2D eigenvalue weighted by molar-refractivity contribution is 0.495. The van der Waals surface area contributed by atoms with E-state index >= 15 is 0 Å². The molecule has 0 unspecified atom stereocenters. The molecule has 0 aromatic carbocycles.